The van der Waals surface area contributed by atoms with Gasteiger partial charge in [-0.2, -0.15) is 0 Å². The second-order valence-corrected chi connectivity index (χ2v) is 0.966. The highest BCUT2D eigenvalue weighted by Crippen LogP contribution is 1.93. The van der Waals surface area contributed by atoms with Crippen molar-refractivity contribution in [3.05, 3.63) is 0 Å². The molecule has 0 saturated carbocycles. The van der Waals surface area contributed by atoms with Crippen molar-refractivity contribution < 1.29 is 4.74 Å². The van der Waals surface area contributed by atoms with Gasteiger partial charge in [-0.3, -0.25) is 0 Å². The van der Waals surface area contributed by atoms with E-state index in [-0.39, 0.29) is 0 Å². The SMILES string of the molecule is C1COC1.CCl.CCl. The first kappa shape index (κ1) is 11.4. The van der Waals surface area contributed by atoms with Gasteiger partial charge in [0, 0.05) is 26.0 Å². The van der Waals surface area contributed by atoms with Crippen LogP contribution in [0.2, 0.25) is 0 Å². The van der Waals surface area contributed by atoms with Crippen LogP contribution in [-0.2, 0) is 4.74 Å². The van der Waals surface area contributed by atoms with Crippen molar-refractivity contribution in [3.8, 4) is 0 Å². The molecule has 8 heavy (non-hydrogen) atoms. The molecule has 3 heteroatoms. The predicted molar refractivity (Wildman–Crippen MR) is 39.0 cm³/mol. The van der Waals surface area contributed by atoms with Crippen molar-refractivity contribution in [3.63, 3.8) is 0 Å². The fourth-order valence-electron chi connectivity index (χ4n) is 0.144. The third-order valence-electron chi connectivity index (χ3n) is 0.577. The summed E-state index contributed by atoms with van der Waals surface area (Å²) in [7, 11) is 0. The van der Waals surface area contributed by atoms with Crippen LogP contribution in [0.4, 0.5) is 0 Å². The summed E-state index contributed by atoms with van der Waals surface area (Å²) >= 11 is 9.28. The number of hydrogen-bond donors (Lipinski definition) is 0. The Morgan fingerprint density at radius 3 is 1.12 bits per heavy atom. The smallest absolute Gasteiger partial charge is 0.0488 e. The molecule has 0 unspecified atom stereocenters. The van der Waals surface area contributed by atoms with Crippen LogP contribution in [0.3, 0.4) is 0 Å². The summed E-state index contributed by atoms with van der Waals surface area (Å²) in [4.78, 5) is 0. The quantitative estimate of drug-likeness (QED) is 0.492. The zero-order valence-electron chi connectivity index (χ0n) is 5.29. The van der Waals surface area contributed by atoms with Crippen molar-refractivity contribution in [2.45, 2.75) is 6.42 Å². The summed E-state index contributed by atoms with van der Waals surface area (Å²) in [5.41, 5.74) is 0. The summed E-state index contributed by atoms with van der Waals surface area (Å²) in [6.07, 6.45) is 4.22. The molecule has 1 aliphatic heterocycles. The van der Waals surface area contributed by atoms with Gasteiger partial charge in [0.2, 0.25) is 0 Å². The fraction of sp³-hybridized carbons (Fsp3) is 1.00. The molecule has 1 saturated heterocycles. The molecule has 0 aliphatic carbocycles. The maximum absolute atomic E-state index is 4.72. The van der Waals surface area contributed by atoms with E-state index in [1.54, 1.807) is 0 Å². The standard InChI is InChI=1S/C3H6O.2CH3Cl/c1-2-4-3-1;2*1-2/h1-3H2;2*1H3. The molecule has 1 aliphatic rings. The summed E-state index contributed by atoms with van der Waals surface area (Å²) in [5.74, 6) is 0. The van der Waals surface area contributed by atoms with Gasteiger partial charge >= 0.3 is 0 Å². The lowest BCUT2D eigenvalue weighted by Gasteiger charge is -2.09. The van der Waals surface area contributed by atoms with E-state index < -0.39 is 0 Å². The van der Waals surface area contributed by atoms with E-state index in [1.807, 2.05) is 0 Å². The number of rotatable bonds is 0. The normalized spacial score (nSPS) is 13.5. The molecular weight excluding hydrogens is 147 g/mol. The van der Waals surface area contributed by atoms with Gasteiger partial charge in [-0.25, -0.2) is 0 Å². The van der Waals surface area contributed by atoms with Gasteiger partial charge < -0.3 is 4.74 Å². The molecule has 1 nitrogen and oxygen atoms in total. The molecule has 0 amide bonds. The highest BCUT2D eigenvalue weighted by atomic mass is 35.5. The third kappa shape index (κ3) is 9.74. The molecule has 0 atom stereocenters. The first-order chi connectivity index (χ1) is 4.00. The Bertz CT molecular complexity index is 18.4. The fourth-order valence-corrected chi connectivity index (χ4v) is 0.144. The van der Waals surface area contributed by atoms with Crippen molar-refractivity contribution in [1.82, 2.24) is 0 Å². The lowest BCUT2D eigenvalue weighted by molar-refractivity contribution is 0.0367. The van der Waals surface area contributed by atoms with Crippen LogP contribution >= 0.6 is 23.2 Å². The lowest BCUT2D eigenvalue weighted by atomic mass is 10.4. The Morgan fingerprint density at radius 2 is 1.12 bits per heavy atom. The van der Waals surface area contributed by atoms with Crippen LogP contribution in [0, 0.1) is 0 Å². The molecular formula is C5H12Cl2O. The number of hydrogen-bond acceptors (Lipinski definition) is 1. The second kappa shape index (κ2) is 15.6. The second-order valence-electron chi connectivity index (χ2n) is 0.966. The van der Waals surface area contributed by atoms with Gasteiger partial charge in [-0.1, -0.05) is 0 Å². The zero-order chi connectivity index (χ0) is 6.83. The predicted octanol–water partition coefficient (Wildman–Crippen LogP) is 2.12. The summed E-state index contributed by atoms with van der Waals surface area (Å²) < 4.78 is 4.72. The number of alkyl halides is 2. The maximum atomic E-state index is 4.72. The maximum Gasteiger partial charge on any atom is 0.0488 e. The molecule has 0 radical (unpaired) electrons. The van der Waals surface area contributed by atoms with Crippen LogP contribution in [0.1, 0.15) is 6.42 Å². The summed E-state index contributed by atoms with van der Waals surface area (Å²) in [5, 5.41) is 0. The molecule has 0 N–H and O–H groups in total. The van der Waals surface area contributed by atoms with Crippen molar-refractivity contribution >= 4 is 23.2 Å². The van der Waals surface area contributed by atoms with E-state index in [0.29, 0.717) is 0 Å². The van der Waals surface area contributed by atoms with Crippen molar-refractivity contribution in [1.29, 1.82) is 0 Å². The molecule has 1 rings (SSSR count). The minimum atomic E-state index is 1.00. The molecule has 52 valence electrons. The molecule has 0 aromatic heterocycles. The average Bonchev–Trinajstić information content (AvgIpc) is 1.72. The van der Waals surface area contributed by atoms with Crippen LogP contribution in [-0.4, -0.2) is 26.0 Å². The Balaban J connectivity index is 0. The number of halogens is 2. The highest BCUT2D eigenvalue weighted by molar-refractivity contribution is 6.15. The van der Waals surface area contributed by atoms with Crippen LogP contribution < -0.4 is 0 Å². The average molecular weight is 159 g/mol. The Kier molecular flexibility index (Phi) is 22.2. The van der Waals surface area contributed by atoms with E-state index in [9.17, 15) is 0 Å². The summed E-state index contributed by atoms with van der Waals surface area (Å²) in [6, 6.07) is 0. The van der Waals surface area contributed by atoms with Gasteiger partial charge in [-0.05, 0) is 6.42 Å². The van der Waals surface area contributed by atoms with E-state index in [4.69, 9.17) is 4.74 Å². The Hall–Kier alpha value is 0.540. The van der Waals surface area contributed by atoms with Crippen LogP contribution in [0.5, 0.6) is 0 Å². The molecule has 0 aromatic rings. The Morgan fingerprint density at radius 1 is 1.00 bits per heavy atom. The monoisotopic (exact) mass is 158 g/mol. The summed E-state index contributed by atoms with van der Waals surface area (Å²) in [6.45, 7) is 2.00. The van der Waals surface area contributed by atoms with Crippen molar-refractivity contribution in [2.24, 2.45) is 0 Å². The van der Waals surface area contributed by atoms with Gasteiger partial charge in [0.05, 0.1) is 0 Å². The van der Waals surface area contributed by atoms with E-state index >= 15 is 0 Å². The van der Waals surface area contributed by atoms with E-state index in [0.717, 1.165) is 13.2 Å². The molecule has 0 aromatic carbocycles. The van der Waals surface area contributed by atoms with E-state index in [1.165, 1.54) is 19.2 Å². The van der Waals surface area contributed by atoms with Crippen molar-refractivity contribution in [2.75, 3.05) is 26.0 Å². The van der Waals surface area contributed by atoms with Gasteiger partial charge in [-0.15, -0.1) is 23.2 Å². The first-order valence-electron chi connectivity index (χ1n) is 2.33. The minimum Gasteiger partial charge on any atom is -0.381 e. The zero-order valence-corrected chi connectivity index (χ0v) is 6.80. The molecule has 1 heterocycles. The molecule has 1 fully saturated rings. The molecule has 0 bridgehead atoms. The first-order valence-corrected chi connectivity index (χ1v) is 3.85. The molecule has 0 spiro atoms. The van der Waals surface area contributed by atoms with Crippen LogP contribution in [0.25, 0.3) is 0 Å². The number of ether oxygens (including phenoxy) is 1. The van der Waals surface area contributed by atoms with Gasteiger partial charge in [0.15, 0.2) is 0 Å². The van der Waals surface area contributed by atoms with Crippen LogP contribution in [0.15, 0.2) is 0 Å². The highest BCUT2D eigenvalue weighted by Gasteiger charge is 1.94. The Labute approximate surface area is 60.9 Å². The lowest BCUT2D eigenvalue weighted by Crippen LogP contribution is -2.09. The van der Waals surface area contributed by atoms with Gasteiger partial charge in [0.1, 0.15) is 0 Å². The van der Waals surface area contributed by atoms with Gasteiger partial charge in [0.25, 0.3) is 0 Å². The van der Waals surface area contributed by atoms with E-state index in [2.05, 4.69) is 23.2 Å². The minimum absolute atomic E-state index is 1.00. The largest absolute Gasteiger partial charge is 0.381 e. The topological polar surface area (TPSA) is 9.23 Å². The third-order valence-corrected chi connectivity index (χ3v) is 0.577.